The molecule has 26 heteroatoms. The van der Waals surface area contributed by atoms with Crippen molar-refractivity contribution in [3.8, 4) is 33.0 Å². The van der Waals surface area contributed by atoms with Gasteiger partial charge in [-0.1, -0.05) is 70.1 Å². The molecule has 3 aromatic carbocycles. The molecule has 2 fully saturated rings. The van der Waals surface area contributed by atoms with Crippen LogP contribution in [0.15, 0.2) is 67.0 Å². The van der Waals surface area contributed by atoms with E-state index in [9.17, 15) is 32.4 Å². The number of esters is 1. The highest BCUT2D eigenvalue weighted by atomic mass is 32.2. The zero-order valence-electron chi connectivity index (χ0n) is 50.8. The van der Waals surface area contributed by atoms with Crippen LogP contribution in [-0.2, 0) is 51.8 Å². The highest BCUT2D eigenvalue weighted by molar-refractivity contribution is 7.92. The Morgan fingerprint density at radius 1 is 0.764 bits per heavy atom. The van der Waals surface area contributed by atoms with Gasteiger partial charge in [0.15, 0.2) is 5.82 Å². The number of anilines is 2. The highest BCUT2D eigenvalue weighted by Gasteiger charge is 2.30. The number of aromatic nitrogens is 7. The average molecular weight is 1260 g/mol. The molecule has 0 atom stereocenters. The minimum Gasteiger partial charge on any atom is -0.468 e. The molecule has 7 aromatic rings. The van der Waals surface area contributed by atoms with E-state index in [0.29, 0.717) is 114 Å². The van der Waals surface area contributed by atoms with Gasteiger partial charge in [0.2, 0.25) is 39.6 Å². The van der Waals surface area contributed by atoms with Crippen LogP contribution in [0.25, 0.3) is 54.8 Å². The van der Waals surface area contributed by atoms with Crippen molar-refractivity contribution in [3.63, 3.8) is 0 Å². The van der Waals surface area contributed by atoms with Crippen molar-refractivity contribution in [3.05, 3.63) is 89.3 Å². The Balaban J connectivity index is 0.629. The Labute approximate surface area is 521 Å². The van der Waals surface area contributed by atoms with E-state index in [-0.39, 0.29) is 60.3 Å². The topological polar surface area (TPSA) is 284 Å². The Kier molecular flexibility index (Phi) is 22.8. The number of nitrogens with zero attached hydrogens (tertiary/aromatic N) is 9. The number of carbonyl (C=O) groups is 5. The first-order chi connectivity index (χ1) is 43.0. The Hall–Kier alpha value is -7.97. The molecule has 2 aliphatic rings. The van der Waals surface area contributed by atoms with E-state index in [2.05, 4.69) is 50.5 Å². The molecule has 6 N–H and O–H groups in total. The van der Waals surface area contributed by atoms with Crippen molar-refractivity contribution >= 4 is 84.4 Å². The molecule has 22 nitrogen and oxygen atoms in total. The summed E-state index contributed by atoms with van der Waals surface area (Å²) in [5.41, 5.74) is 9.83. The molecule has 0 bridgehead atoms. The van der Waals surface area contributed by atoms with Gasteiger partial charge in [-0.3, -0.25) is 43.0 Å². The van der Waals surface area contributed by atoms with Crippen LogP contribution < -0.4 is 26.4 Å². The van der Waals surface area contributed by atoms with Gasteiger partial charge in [0.1, 0.15) is 18.9 Å². The molecule has 0 unspecified atom stereocenters. The third-order valence-corrected chi connectivity index (χ3v) is 19.2. The quantitative estimate of drug-likeness (QED) is 0.0208. The summed E-state index contributed by atoms with van der Waals surface area (Å²) in [6.45, 7) is 7.18. The molecular formula is C63H80F2N14O8S2. The second-order valence-electron chi connectivity index (χ2n) is 23.1. The van der Waals surface area contributed by atoms with Gasteiger partial charge in [0, 0.05) is 66.6 Å². The van der Waals surface area contributed by atoms with E-state index in [0.717, 1.165) is 94.2 Å². The number of fused-ring (bicyclic) bond motifs is 2. The van der Waals surface area contributed by atoms with E-state index >= 15 is 8.78 Å². The van der Waals surface area contributed by atoms with Gasteiger partial charge >= 0.3 is 5.97 Å². The van der Waals surface area contributed by atoms with Crippen molar-refractivity contribution in [2.75, 3.05) is 75.7 Å². The Morgan fingerprint density at radius 3 is 2.19 bits per heavy atom. The average Bonchev–Trinajstić information content (AvgIpc) is 1.83. The summed E-state index contributed by atoms with van der Waals surface area (Å²) >= 11 is 1.40. The number of thiazole rings is 1. The van der Waals surface area contributed by atoms with Crippen LogP contribution in [0.1, 0.15) is 120 Å². The van der Waals surface area contributed by atoms with Crippen molar-refractivity contribution in [1.29, 1.82) is 0 Å². The third kappa shape index (κ3) is 17.5. The number of amides is 4. The smallest absolute Gasteiger partial charge is 0.325 e. The van der Waals surface area contributed by atoms with Crippen molar-refractivity contribution in [2.45, 2.75) is 129 Å². The fraction of sp³-hybridized carbons (Fsp3) is 0.492. The normalized spacial score (nSPS) is 14.3. The van der Waals surface area contributed by atoms with Gasteiger partial charge in [0.25, 0.3) is 0 Å². The summed E-state index contributed by atoms with van der Waals surface area (Å²) < 4.78 is 67.5. The standard InChI is InChI=1S/C63H80F2N14O8S2/c1-4-32-89(85,86)75-49-18-14-17-46(59(49)65)60-61(50-21-27-68-63(66)72-50)88-62(73-60)43-24-30-77(31-25-43)56(83)20-12-10-8-6-5-7-9-11-13-26-67-54(81)39-76-28-22-42(23-29-76)38-78-52-34-47(48(64)33-44(52)35-71-78)45-16-15-19-51-58(45)41(2)74-79(51)40-55(82)69-36-53(80)70-37-57(84)87-3/h14-19,21,27,33-35,42-43,75H,4-13,20,22-26,28-32,36-40H2,1-3H3,(H,67,81)(H,69,82)(H,70,80)(H2,66,68,72). The van der Waals surface area contributed by atoms with E-state index in [1.165, 1.54) is 41.5 Å². The molecule has 0 spiro atoms. The van der Waals surface area contributed by atoms with Gasteiger partial charge in [-0.25, -0.2) is 32.2 Å². The van der Waals surface area contributed by atoms with Gasteiger partial charge in [0.05, 0.1) is 75.8 Å². The molecule has 6 heterocycles. The fourth-order valence-corrected chi connectivity index (χ4v) is 14.1. The maximum Gasteiger partial charge on any atom is 0.325 e. The summed E-state index contributed by atoms with van der Waals surface area (Å²) in [4.78, 5) is 80.6. The summed E-state index contributed by atoms with van der Waals surface area (Å²) in [5, 5.41) is 19.5. The molecule has 2 aliphatic heterocycles. The predicted molar refractivity (Wildman–Crippen MR) is 339 cm³/mol. The molecule has 0 saturated carbocycles. The van der Waals surface area contributed by atoms with Crippen molar-refractivity contribution in [2.24, 2.45) is 5.92 Å². The second-order valence-corrected chi connectivity index (χ2v) is 25.9. The number of unbranched alkanes of at least 4 members (excludes halogenated alkanes) is 8. The first kappa shape index (κ1) is 65.5. The second kappa shape index (κ2) is 31.0. The molecular weight excluding hydrogens is 1180 g/mol. The number of halogens is 2. The summed E-state index contributed by atoms with van der Waals surface area (Å²) in [5.74, 6) is -2.26. The number of benzene rings is 3. The highest BCUT2D eigenvalue weighted by Crippen LogP contribution is 2.43. The minimum atomic E-state index is -3.74. The molecule has 4 amide bonds. The summed E-state index contributed by atoms with van der Waals surface area (Å²) in [6.07, 6.45) is 16.8. The number of hydrogen-bond acceptors (Lipinski definition) is 16. The molecule has 0 aliphatic carbocycles. The Bertz CT molecular complexity index is 3750. The number of piperidine rings is 2. The van der Waals surface area contributed by atoms with Gasteiger partial charge < -0.3 is 31.3 Å². The number of nitrogens with one attached hydrogen (secondary N) is 4. The number of ether oxygens (including phenoxy) is 1. The molecule has 89 heavy (non-hydrogen) atoms. The summed E-state index contributed by atoms with van der Waals surface area (Å²) in [6, 6.07) is 15.0. The lowest BCUT2D eigenvalue weighted by molar-refractivity contribution is -0.141. The van der Waals surface area contributed by atoms with Crippen LogP contribution in [-0.4, -0.2) is 148 Å². The summed E-state index contributed by atoms with van der Waals surface area (Å²) in [7, 11) is -2.53. The van der Waals surface area contributed by atoms with Crippen molar-refractivity contribution in [1.82, 2.24) is 60.3 Å². The lowest BCUT2D eigenvalue weighted by atomic mass is 9.96. The number of methoxy groups -OCH3 is 1. The van der Waals surface area contributed by atoms with Crippen LogP contribution in [0.2, 0.25) is 0 Å². The first-order valence-electron chi connectivity index (χ1n) is 30.8. The van der Waals surface area contributed by atoms with Crippen LogP contribution in [0.4, 0.5) is 20.4 Å². The monoisotopic (exact) mass is 1260 g/mol. The van der Waals surface area contributed by atoms with Crippen LogP contribution in [0.3, 0.4) is 0 Å². The number of likely N-dealkylation sites (tertiary alicyclic amines) is 2. The van der Waals surface area contributed by atoms with Crippen LogP contribution >= 0.6 is 11.3 Å². The lowest BCUT2D eigenvalue weighted by Gasteiger charge is -2.31. The molecule has 0 radical (unpaired) electrons. The molecule has 2 saturated heterocycles. The number of nitrogens with two attached hydrogens (primary N) is 1. The Morgan fingerprint density at radius 2 is 1.46 bits per heavy atom. The minimum absolute atomic E-state index is 0.0402. The van der Waals surface area contributed by atoms with E-state index < -0.39 is 39.4 Å². The molecule has 9 rings (SSSR count). The zero-order chi connectivity index (χ0) is 63.0. The number of sulfonamides is 1. The SMILES string of the molecule is CCCS(=O)(=O)Nc1cccc(-c2nc(C3CCN(C(=O)CCCCCCCCCCCNC(=O)CN4CCC(Cn5ncc6cc(F)c(-c7cccc8c7c(C)nn8CC(=O)NCC(=O)NCC(=O)OC)cc65)CC4)CC3)sc2-c2ccnc(N)n2)c1F. The molecule has 4 aromatic heterocycles. The fourth-order valence-electron chi connectivity index (χ4n) is 11.8. The number of carbonyl (C=O) groups excluding carboxylic acids is 5. The maximum absolute atomic E-state index is 16.1. The number of nitrogen functional groups attached to an aromatic ring is 1. The van der Waals surface area contributed by atoms with Crippen LogP contribution in [0, 0.1) is 24.5 Å². The largest absolute Gasteiger partial charge is 0.468 e. The predicted octanol–water partition coefficient (Wildman–Crippen LogP) is 8.49. The lowest BCUT2D eigenvalue weighted by Crippen LogP contribution is -2.42. The van der Waals surface area contributed by atoms with Gasteiger partial charge in [-0.15, -0.1) is 11.3 Å². The van der Waals surface area contributed by atoms with Gasteiger partial charge in [-0.2, -0.15) is 10.2 Å². The van der Waals surface area contributed by atoms with E-state index in [1.54, 1.807) is 44.3 Å². The zero-order valence-corrected chi connectivity index (χ0v) is 52.5. The van der Waals surface area contributed by atoms with E-state index in [4.69, 9.17) is 10.7 Å². The van der Waals surface area contributed by atoms with E-state index in [1.807, 2.05) is 27.8 Å². The third-order valence-electron chi connectivity index (χ3n) is 16.5. The molecule has 476 valence electrons. The maximum atomic E-state index is 16.1. The van der Waals surface area contributed by atoms with Crippen molar-refractivity contribution < 1.29 is 45.9 Å². The number of aryl methyl sites for hydroxylation is 1. The van der Waals surface area contributed by atoms with Gasteiger partial charge in [-0.05, 0) is 113 Å². The first-order valence-corrected chi connectivity index (χ1v) is 33.3. The number of hydrogen-bond donors (Lipinski definition) is 5. The van der Waals surface area contributed by atoms with Crippen LogP contribution in [0.5, 0.6) is 0 Å². The number of rotatable bonds is 30.